The smallest absolute Gasteiger partial charge is 0.410 e. The van der Waals surface area contributed by atoms with Gasteiger partial charge in [0.25, 0.3) is 0 Å². The van der Waals surface area contributed by atoms with Gasteiger partial charge in [-0.2, -0.15) is 0 Å². The number of hydrogen-bond acceptors (Lipinski definition) is 10. The summed E-state index contributed by atoms with van der Waals surface area (Å²) in [4.78, 5) is 59.9. The molecule has 6 N–H and O–H groups in total. The second-order valence-corrected chi connectivity index (χ2v) is 20.8. The maximum atomic E-state index is 16.6. The lowest BCUT2D eigenvalue weighted by Gasteiger charge is -2.36. The van der Waals surface area contributed by atoms with E-state index in [1.54, 1.807) is 70.7 Å². The quantitative estimate of drug-likeness (QED) is 0.118. The molecule has 4 aliphatic rings. The Hall–Kier alpha value is -6.58. The van der Waals surface area contributed by atoms with Crippen LogP contribution >= 0.6 is 0 Å². The number of anilines is 6. The summed E-state index contributed by atoms with van der Waals surface area (Å²) in [6, 6.07) is 21.4. The average molecular weight is 949 g/mol. The Balaban J connectivity index is 1.05. The third kappa shape index (κ3) is 11.0. The molecule has 4 aromatic carbocycles. The van der Waals surface area contributed by atoms with Gasteiger partial charge >= 0.3 is 12.2 Å². The molecule has 368 valence electrons. The molecule has 2 unspecified atom stereocenters. The number of nitrogens with zero attached hydrogens (tertiary/aromatic N) is 4. The first-order valence-electron chi connectivity index (χ1n) is 24.2. The molecule has 4 fully saturated rings. The average Bonchev–Trinajstić information content (AvgIpc) is 4.08. The highest BCUT2D eigenvalue weighted by Gasteiger charge is 2.40. The molecule has 8 rings (SSSR count). The number of carbonyl (C=O) groups excluding carboxylic acids is 4. The molecule has 14 nitrogen and oxygen atoms in total. The molecule has 0 bridgehead atoms. The predicted molar refractivity (Wildman–Crippen MR) is 265 cm³/mol. The van der Waals surface area contributed by atoms with Crippen molar-refractivity contribution in [3.8, 4) is 0 Å². The highest BCUT2D eigenvalue weighted by Crippen LogP contribution is 2.49. The van der Waals surface area contributed by atoms with Gasteiger partial charge in [0.15, 0.2) is 11.6 Å². The fourth-order valence-electron chi connectivity index (χ4n) is 10.4. The summed E-state index contributed by atoms with van der Waals surface area (Å²) in [5.41, 5.74) is 16.3. The van der Waals surface area contributed by atoms with E-state index in [9.17, 15) is 19.2 Å². The van der Waals surface area contributed by atoms with E-state index in [4.69, 9.17) is 20.9 Å². The van der Waals surface area contributed by atoms with Crippen molar-refractivity contribution in [1.82, 2.24) is 9.80 Å². The molecule has 0 spiro atoms. The molecule has 0 saturated carbocycles. The second kappa shape index (κ2) is 19.8. The molecular weight excluding hydrogens is 883 g/mol. The van der Waals surface area contributed by atoms with Crippen LogP contribution in [0.15, 0.2) is 78.9 Å². The van der Waals surface area contributed by atoms with Crippen molar-refractivity contribution in [3.63, 3.8) is 0 Å². The van der Waals surface area contributed by atoms with Gasteiger partial charge in [0.2, 0.25) is 11.8 Å². The maximum absolute atomic E-state index is 16.6. The Bertz CT molecular complexity index is 2420. The molecule has 16 heteroatoms. The zero-order valence-corrected chi connectivity index (χ0v) is 40.5. The number of halogens is 2. The van der Waals surface area contributed by atoms with Gasteiger partial charge in [-0.15, -0.1) is 0 Å². The van der Waals surface area contributed by atoms with Crippen molar-refractivity contribution in [2.45, 2.75) is 134 Å². The van der Waals surface area contributed by atoms with Crippen LogP contribution in [-0.2, 0) is 19.1 Å². The van der Waals surface area contributed by atoms with Crippen LogP contribution in [0.3, 0.4) is 0 Å². The van der Waals surface area contributed by atoms with Crippen LogP contribution in [0.25, 0.3) is 0 Å². The molecule has 4 aromatic rings. The summed E-state index contributed by atoms with van der Waals surface area (Å²) in [5, 5.41) is 5.84. The first kappa shape index (κ1) is 48.9. The van der Waals surface area contributed by atoms with Crippen molar-refractivity contribution in [2.24, 2.45) is 0 Å². The third-order valence-electron chi connectivity index (χ3n) is 13.6. The molecule has 4 saturated heterocycles. The number of ether oxygens (including phenoxy) is 2. The first-order chi connectivity index (χ1) is 32.7. The molecule has 4 heterocycles. The first-order valence-corrected chi connectivity index (χ1v) is 24.2. The van der Waals surface area contributed by atoms with Crippen LogP contribution in [0, 0.1) is 11.6 Å². The standard InChI is InChI=1S/C53H66F2N8O6/c1-52(2,3)68-50(66)61-24-10-14-45(61)48(64)58-41-18-16-34(28-39(41)56)43-20-21-44(35-17-19-42(40(57)29-35)59-49(65)46-15-11-25-62(46)51(67)69-53(4,5)6)63(43)36-30-37(54)47(38(55)31-36)60-26-22-33(23-27-60)32-12-8-7-9-13-32/h7-9,12-13,16-19,28-31,33,43-46H,10-11,14-15,20-27,56-57H2,1-6H3,(H,58,64)(H,59,65)/t43-,44?,45?,46+/m1/s1. The van der Waals surface area contributed by atoms with Gasteiger partial charge in [-0.1, -0.05) is 42.5 Å². The van der Waals surface area contributed by atoms with Gasteiger partial charge < -0.3 is 41.4 Å². The molecular formula is C53H66F2N8O6. The molecule has 4 aliphatic heterocycles. The molecule has 4 amide bonds. The summed E-state index contributed by atoms with van der Waals surface area (Å²) in [6.07, 6.45) is 3.82. The van der Waals surface area contributed by atoms with E-state index >= 15 is 8.78 Å². The lowest BCUT2D eigenvalue weighted by molar-refractivity contribution is -0.121. The number of nitrogen functional groups attached to an aromatic ring is 2. The van der Waals surface area contributed by atoms with E-state index in [1.165, 1.54) is 27.5 Å². The summed E-state index contributed by atoms with van der Waals surface area (Å²) < 4.78 is 44.3. The number of piperidine rings is 1. The van der Waals surface area contributed by atoms with Gasteiger partial charge in [-0.25, -0.2) is 18.4 Å². The summed E-state index contributed by atoms with van der Waals surface area (Å²) >= 11 is 0. The lowest BCUT2D eigenvalue weighted by atomic mass is 9.89. The minimum atomic E-state index is -0.727. The Morgan fingerprint density at radius 1 is 0.580 bits per heavy atom. The van der Waals surface area contributed by atoms with E-state index in [-0.39, 0.29) is 28.9 Å². The van der Waals surface area contributed by atoms with Gasteiger partial charge in [0.1, 0.15) is 29.0 Å². The Morgan fingerprint density at radius 2 is 1.03 bits per heavy atom. The van der Waals surface area contributed by atoms with Gasteiger partial charge in [0, 0.05) is 31.9 Å². The van der Waals surface area contributed by atoms with Crippen molar-refractivity contribution >= 4 is 58.1 Å². The van der Waals surface area contributed by atoms with Gasteiger partial charge in [-0.05, 0) is 152 Å². The zero-order valence-electron chi connectivity index (χ0n) is 40.5. The van der Waals surface area contributed by atoms with E-state index in [0.29, 0.717) is 87.7 Å². The van der Waals surface area contributed by atoms with Gasteiger partial charge in [0.05, 0.1) is 34.8 Å². The Kier molecular flexibility index (Phi) is 14.0. The number of nitrogens with one attached hydrogen (secondary N) is 2. The van der Waals surface area contributed by atoms with Crippen LogP contribution in [0.5, 0.6) is 0 Å². The Labute approximate surface area is 403 Å². The van der Waals surface area contributed by atoms with Crippen LogP contribution < -0.4 is 31.9 Å². The monoisotopic (exact) mass is 949 g/mol. The normalized spacial score (nSPS) is 21.1. The highest BCUT2D eigenvalue weighted by molar-refractivity contribution is 6.00. The highest BCUT2D eigenvalue weighted by atomic mass is 19.1. The minimum absolute atomic E-state index is 0.0498. The zero-order chi connectivity index (χ0) is 49.4. The van der Waals surface area contributed by atoms with Crippen LogP contribution in [0.4, 0.5) is 52.5 Å². The molecule has 4 atom stereocenters. The van der Waals surface area contributed by atoms with Crippen LogP contribution in [-0.4, -0.2) is 83.3 Å². The van der Waals surface area contributed by atoms with Crippen molar-refractivity contribution < 1.29 is 37.4 Å². The number of hydrogen-bond donors (Lipinski definition) is 4. The molecule has 69 heavy (non-hydrogen) atoms. The van der Waals surface area contributed by atoms with E-state index in [0.717, 1.165) is 24.0 Å². The van der Waals surface area contributed by atoms with Crippen LogP contribution in [0.1, 0.15) is 128 Å². The SMILES string of the molecule is CC(C)(C)OC(=O)N1CCCC1C(=O)Nc1ccc([C@H]2CCC(c3ccc(NC(=O)[C@@H]4CCCN4C(=O)OC(C)(C)C)c(N)c3)N2c2cc(F)c(N3CCC(c4ccccc4)CC3)c(F)c2)cc1N. The number of carbonyl (C=O) groups is 4. The largest absolute Gasteiger partial charge is 0.444 e. The van der Waals surface area contributed by atoms with Crippen molar-refractivity contribution in [1.29, 1.82) is 0 Å². The lowest BCUT2D eigenvalue weighted by Crippen LogP contribution is -2.45. The molecule has 0 aromatic heterocycles. The number of likely N-dealkylation sites (tertiary alicyclic amines) is 2. The molecule has 0 aliphatic carbocycles. The van der Waals surface area contributed by atoms with Gasteiger partial charge in [-0.3, -0.25) is 19.4 Å². The fourth-order valence-corrected chi connectivity index (χ4v) is 10.4. The summed E-state index contributed by atoms with van der Waals surface area (Å²) in [7, 11) is 0. The maximum Gasteiger partial charge on any atom is 0.410 e. The topological polar surface area (TPSA) is 176 Å². The van der Waals surface area contributed by atoms with E-state index in [1.807, 2.05) is 35.2 Å². The van der Waals surface area contributed by atoms with Crippen LogP contribution in [0.2, 0.25) is 0 Å². The second-order valence-electron chi connectivity index (χ2n) is 20.8. The predicted octanol–water partition coefficient (Wildman–Crippen LogP) is 10.3. The van der Waals surface area contributed by atoms with E-state index < -0.39 is 59.2 Å². The van der Waals surface area contributed by atoms with Crippen molar-refractivity contribution in [2.75, 3.05) is 58.1 Å². The third-order valence-corrected chi connectivity index (χ3v) is 13.6. The molecule has 0 radical (unpaired) electrons. The Morgan fingerprint density at radius 3 is 1.45 bits per heavy atom. The number of nitrogens with two attached hydrogens (primary N) is 2. The minimum Gasteiger partial charge on any atom is -0.444 e. The van der Waals surface area contributed by atoms with Crippen molar-refractivity contribution in [3.05, 3.63) is 107 Å². The van der Waals surface area contributed by atoms with E-state index in [2.05, 4.69) is 22.8 Å². The fraction of sp³-hybridized carbons (Fsp3) is 0.472. The summed E-state index contributed by atoms with van der Waals surface area (Å²) in [5.74, 6) is -1.78. The number of rotatable bonds is 9. The number of amides is 4. The summed E-state index contributed by atoms with van der Waals surface area (Å²) in [6.45, 7) is 12.5. The number of benzene rings is 4.